The first-order valence-electron chi connectivity index (χ1n) is 32.5. The van der Waals surface area contributed by atoms with Gasteiger partial charge in [-0.2, -0.15) is 0 Å². The van der Waals surface area contributed by atoms with Crippen LogP contribution >= 0.6 is 0 Å². The van der Waals surface area contributed by atoms with Crippen molar-refractivity contribution in [2.45, 2.75) is 303 Å². The van der Waals surface area contributed by atoms with Crippen molar-refractivity contribution in [3.8, 4) is 0 Å². The third-order valence-corrected chi connectivity index (χ3v) is 13.7. The summed E-state index contributed by atoms with van der Waals surface area (Å²) in [5.74, 6) is -0.932. The summed E-state index contributed by atoms with van der Waals surface area (Å²) in [7, 11) is 0. The van der Waals surface area contributed by atoms with Gasteiger partial charge in [-0.25, -0.2) is 0 Å². The summed E-state index contributed by atoms with van der Waals surface area (Å²) in [4.78, 5) is 38.3. The lowest BCUT2D eigenvalue weighted by atomic mass is 10.0. The van der Waals surface area contributed by atoms with E-state index >= 15 is 0 Å². The Labute approximate surface area is 482 Å². The van der Waals surface area contributed by atoms with Gasteiger partial charge in [0.15, 0.2) is 6.10 Å². The van der Waals surface area contributed by atoms with Crippen LogP contribution in [0.5, 0.6) is 0 Å². The van der Waals surface area contributed by atoms with Crippen molar-refractivity contribution in [2.75, 3.05) is 13.2 Å². The molecular weight excluding hydrogens is 961 g/mol. The average molecular weight is 1080 g/mol. The maximum Gasteiger partial charge on any atom is 0.306 e. The van der Waals surface area contributed by atoms with Crippen LogP contribution in [-0.4, -0.2) is 37.2 Å². The van der Waals surface area contributed by atoms with E-state index in [1.165, 1.54) is 135 Å². The number of hydrogen-bond donors (Lipinski definition) is 0. The van der Waals surface area contributed by atoms with Gasteiger partial charge in [-0.15, -0.1) is 0 Å². The van der Waals surface area contributed by atoms with Crippen LogP contribution in [0.15, 0.2) is 122 Å². The number of allylic oxidation sites excluding steroid dienone is 20. The van der Waals surface area contributed by atoms with E-state index in [-0.39, 0.29) is 31.1 Å². The number of ether oxygens (including phenoxy) is 3. The minimum absolute atomic E-state index is 0.0932. The highest BCUT2D eigenvalue weighted by Crippen LogP contribution is 2.16. The predicted octanol–water partition coefficient (Wildman–Crippen LogP) is 22.4. The lowest BCUT2D eigenvalue weighted by molar-refractivity contribution is -0.167. The SMILES string of the molecule is CC/C=C\C/C=C\C/C=C\C/C=C\C/C=C\C/C=C\CCCCCCCCCCCCC(=O)OCC(COC(=O)CCCC/C=C\C/C=C\C/C=C\C/C=C\CC)OC(=O)CCCCCCCCCCCCCCCCCC. The van der Waals surface area contributed by atoms with Crippen molar-refractivity contribution in [1.82, 2.24) is 0 Å². The van der Waals surface area contributed by atoms with E-state index in [1.807, 2.05) is 0 Å². The zero-order valence-electron chi connectivity index (χ0n) is 50.9. The molecule has 1 atom stereocenters. The van der Waals surface area contributed by atoms with Crippen molar-refractivity contribution in [3.63, 3.8) is 0 Å². The molecule has 0 rings (SSSR count). The molecule has 0 aromatic heterocycles. The third kappa shape index (κ3) is 62.7. The summed E-state index contributed by atoms with van der Waals surface area (Å²) in [6.45, 7) is 6.39. The Hall–Kier alpha value is -4.19. The lowest BCUT2D eigenvalue weighted by Crippen LogP contribution is -2.30. The molecule has 0 spiro atoms. The Kier molecular flexibility index (Phi) is 61.8. The molecule has 0 saturated heterocycles. The second kappa shape index (κ2) is 65.3. The van der Waals surface area contributed by atoms with E-state index < -0.39 is 6.10 Å². The first-order chi connectivity index (χ1) is 38.5. The highest BCUT2D eigenvalue weighted by molar-refractivity contribution is 5.71. The summed E-state index contributed by atoms with van der Waals surface area (Å²) in [5.41, 5.74) is 0. The van der Waals surface area contributed by atoms with E-state index in [2.05, 4.69) is 142 Å². The number of hydrogen-bond acceptors (Lipinski definition) is 6. The molecule has 444 valence electrons. The Morgan fingerprint density at radius 1 is 0.269 bits per heavy atom. The van der Waals surface area contributed by atoms with Crippen LogP contribution in [0.2, 0.25) is 0 Å². The fraction of sp³-hybridized carbons (Fsp3) is 0.681. The van der Waals surface area contributed by atoms with Crippen molar-refractivity contribution >= 4 is 17.9 Å². The Morgan fingerprint density at radius 3 is 0.808 bits per heavy atom. The fourth-order valence-corrected chi connectivity index (χ4v) is 8.91. The number of carbonyl (C=O) groups is 3. The maximum atomic E-state index is 12.9. The molecule has 0 aliphatic heterocycles. The molecule has 0 N–H and O–H groups in total. The molecule has 6 heteroatoms. The molecule has 0 radical (unpaired) electrons. The van der Waals surface area contributed by atoms with E-state index in [1.54, 1.807) is 0 Å². The number of carbonyl (C=O) groups excluding carboxylic acids is 3. The van der Waals surface area contributed by atoms with Gasteiger partial charge in [-0.1, -0.05) is 290 Å². The van der Waals surface area contributed by atoms with E-state index in [4.69, 9.17) is 14.2 Å². The molecule has 0 aromatic rings. The minimum atomic E-state index is -0.799. The predicted molar refractivity (Wildman–Crippen MR) is 339 cm³/mol. The fourth-order valence-electron chi connectivity index (χ4n) is 8.91. The van der Waals surface area contributed by atoms with Gasteiger partial charge < -0.3 is 14.2 Å². The molecule has 0 aliphatic rings. The molecule has 0 aliphatic carbocycles. The van der Waals surface area contributed by atoms with Crippen molar-refractivity contribution in [3.05, 3.63) is 122 Å². The largest absolute Gasteiger partial charge is 0.462 e. The van der Waals surface area contributed by atoms with Crippen molar-refractivity contribution < 1.29 is 28.6 Å². The third-order valence-electron chi connectivity index (χ3n) is 13.7. The van der Waals surface area contributed by atoms with Gasteiger partial charge in [0, 0.05) is 19.3 Å². The molecule has 0 heterocycles. The van der Waals surface area contributed by atoms with Crippen LogP contribution in [-0.2, 0) is 28.6 Å². The normalized spacial score (nSPS) is 12.9. The topological polar surface area (TPSA) is 78.9 Å². The first-order valence-corrected chi connectivity index (χ1v) is 32.5. The highest BCUT2D eigenvalue weighted by atomic mass is 16.6. The highest BCUT2D eigenvalue weighted by Gasteiger charge is 2.19. The maximum absolute atomic E-state index is 12.9. The Bertz CT molecular complexity index is 1620. The van der Waals surface area contributed by atoms with Crippen LogP contribution in [0, 0.1) is 0 Å². The number of esters is 3. The quantitative estimate of drug-likeness (QED) is 0.0261. The van der Waals surface area contributed by atoms with E-state index in [9.17, 15) is 14.4 Å². The summed E-state index contributed by atoms with van der Waals surface area (Å²) in [6.07, 6.45) is 90.7. The van der Waals surface area contributed by atoms with Crippen LogP contribution in [0.3, 0.4) is 0 Å². The summed E-state index contributed by atoms with van der Waals surface area (Å²) >= 11 is 0. The van der Waals surface area contributed by atoms with Gasteiger partial charge in [0.25, 0.3) is 0 Å². The van der Waals surface area contributed by atoms with Gasteiger partial charge in [-0.05, 0) is 109 Å². The smallest absolute Gasteiger partial charge is 0.306 e. The molecule has 0 saturated carbocycles. The van der Waals surface area contributed by atoms with Gasteiger partial charge >= 0.3 is 17.9 Å². The van der Waals surface area contributed by atoms with Crippen molar-refractivity contribution in [1.29, 1.82) is 0 Å². The van der Waals surface area contributed by atoms with Crippen LogP contribution < -0.4 is 0 Å². The molecule has 0 amide bonds. The molecule has 78 heavy (non-hydrogen) atoms. The monoisotopic (exact) mass is 1080 g/mol. The second-order valence-electron chi connectivity index (χ2n) is 21.3. The Morgan fingerprint density at radius 2 is 0.500 bits per heavy atom. The van der Waals surface area contributed by atoms with E-state index in [0.29, 0.717) is 19.3 Å². The summed E-state index contributed by atoms with van der Waals surface area (Å²) in [5, 5.41) is 0. The molecule has 1 unspecified atom stereocenters. The second-order valence-corrected chi connectivity index (χ2v) is 21.3. The standard InChI is InChI=1S/C72H120O6/c1-4-7-10-13-16-19-22-25-28-30-31-32-33-34-35-36-37-38-39-40-41-42-45-47-50-53-56-59-62-65-71(74)77-68-69(67-76-70(73)64-61-58-55-52-49-46-43-27-24-21-18-15-12-9-6-3)78-72(75)66-63-60-57-54-51-48-44-29-26-23-20-17-14-11-8-5-2/h7,9-10,12,16,18-19,21,25,27-28,31-32,34-35,37-38,43,49,52,69H,4-6,8,11,13-15,17,20,22-24,26,29-30,33,36,39-42,44-48,50-51,53-68H2,1-3H3/b10-7-,12-9-,19-16-,21-18-,28-25-,32-31-,35-34-,38-37-,43-27-,52-49-. The number of rotatable bonds is 58. The van der Waals surface area contributed by atoms with E-state index in [0.717, 1.165) is 122 Å². The zero-order chi connectivity index (χ0) is 56.4. The molecular formula is C72H120O6. The van der Waals surface area contributed by atoms with Gasteiger partial charge in [-0.3, -0.25) is 14.4 Å². The van der Waals surface area contributed by atoms with Gasteiger partial charge in [0.2, 0.25) is 0 Å². The summed E-state index contributed by atoms with van der Waals surface area (Å²) < 4.78 is 16.9. The van der Waals surface area contributed by atoms with Gasteiger partial charge in [0.05, 0.1) is 0 Å². The van der Waals surface area contributed by atoms with Crippen LogP contribution in [0.4, 0.5) is 0 Å². The van der Waals surface area contributed by atoms with Crippen molar-refractivity contribution in [2.24, 2.45) is 0 Å². The lowest BCUT2D eigenvalue weighted by Gasteiger charge is -2.18. The molecule has 0 bridgehead atoms. The summed E-state index contributed by atoms with van der Waals surface area (Å²) in [6, 6.07) is 0. The zero-order valence-corrected chi connectivity index (χ0v) is 50.9. The molecule has 0 aromatic carbocycles. The van der Waals surface area contributed by atoms with Crippen LogP contribution in [0.25, 0.3) is 0 Å². The first kappa shape index (κ1) is 73.8. The van der Waals surface area contributed by atoms with Crippen LogP contribution in [0.1, 0.15) is 297 Å². The Balaban J connectivity index is 4.34. The molecule has 0 fully saturated rings. The average Bonchev–Trinajstić information content (AvgIpc) is 3.44. The van der Waals surface area contributed by atoms with Gasteiger partial charge in [0.1, 0.15) is 13.2 Å². The minimum Gasteiger partial charge on any atom is -0.462 e. The number of unbranched alkanes of at least 4 members (excludes halogenated alkanes) is 27. The molecule has 6 nitrogen and oxygen atoms in total.